The van der Waals surface area contributed by atoms with Gasteiger partial charge < -0.3 is 23.7 Å². The van der Waals surface area contributed by atoms with E-state index in [0.717, 1.165) is 38.5 Å². The highest BCUT2D eigenvalue weighted by Crippen LogP contribution is 2.71. The summed E-state index contributed by atoms with van der Waals surface area (Å²) in [6, 6.07) is 0. The number of esters is 3. The molecule has 0 amide bonds. The van der Waals surface area contributed by atoms with Gasteiger partial charge in [-0.25, -0.2) is 0 Å². The Labute approximate surface area is 219 Å². The first-order valence-electron chi connectivity index (χ1n) is 14.2. The lowest BCUT2D eigenvalue weighted by Gasteiger charge is -2.67. The maximum Gasteiger partial charge on any atom is 0.311 e. The summed E-state index contributed by atoms with van der Waals surface area (Å²) in [5.74, 6) is 0.468. The van der Waals surface area contributed by atoms with Crippen LogP contribution in [0.4, 0.5) is 0 Å². The Morgan fingerprint density at radius 2 is 1.76 bits per heavy atom. The fourth-order valence-corrected chi connectivity index (χ4v) is 10.3. The van der Waals surface area contributed by atoms with E-state index in [9.17, 15) is 14.4 Å². The second-order valence-electron chi connectivity index (χ2n) is 13.7. The van der Waals surface area contributed by atoms with Crippen LogP contribution >= 0.6 is 0 Å². The van der Waals surface area contributed by atoms with Gasteiger partial charge in [0.1, 0.15) is 6.10 Å². The van der Waals surface area contributed by atoms with Crippen LogP contribution in [0, 0.1) is 39.9 Å². The van der Waals surface area contributed by atoms with E-state index in [4.69, 9.17) is 23.7 Å². The molecule has 3 heterocycles. The van der Waals surface area contributed by atoms with E-state index in [2.05, 4.69) is 20.8 Å². The number of ether oxygens (including phenoxy) is 5. The first kappa shape index (κ1) is 25.6. The zero-order valence-electron chi connectivity index (χ0n) is 22.9. The van der Waals surface area contributed by atoms with E-state index in [1.54, 1.807) is 0 Å². The average molecular weight is 519 g/mol. The quantitative estimate of drug-likeness (QED) is 0.397. The number of hydrogen-bond donors (Lipinski definition) is 0. The molecule has 8 nitrogen and oxygen atoms in total. The summed E-state index contributed by atoms with van der Waals surface area (Å²) in [6.07, 6.45) is 6.51. The van der Waals surface area contributed by atoms with E-state index in [-0.39, 0.29) is 52.4 Å². The third kappa shape index (κ3) is 3.64. The standard InChI is InChI=1S/C29H42O8/c1-16(30)33-15-26(3)10-6-11-28(5)20(26)9-12-27(4)19-13-22(34-17(2)31)29-14-23(32)35-25(29)36-24(37-29)18(19)7-8-21(27)28/h18-22,24-25H,6-15H2,1-5H3/t18-,19+,20?,21?,22+,24+,25-,26+,27-,28-,29+/m0/s1. The molecule has 2 unspecified atom stereocenters. The van der Waals surface area contributed by atoms with Crippen molar-refractivity contribution in [3.05, 3.63) is 0 Å². The van der Waals surface area contributed by atoms with Gasteiger partial charge in [0.2, 0.25) is 6.29 Å². The second kappa shape index (κ2) is 8.41. The molecular formula is C29H42O8. The molecule has 3 saturated carbocycles. The Bertz CT molecular complexity index is 996. The first-order chi connectivity index (χ1) is 17.4. The molecule has 2 bridgehead atoms. The van der Waals surface area contributed by atoms with Crippen molar-refractivity contribution >= 4 is 17.9 Å². The van der Waals surface area contributed by atoms with E-state index in [1.807, 2.05) is 0 Å². The SMILES string of the molecule is CC(=O)OC[C@@]1(C)CCC[C@@]2(C)C1CC[C@]1(C)C2CC[C@@H]2[C@@H]3O[C@@H]4OC(=O)C[C@@]4(O3)[C@H](OC(C)=O)C[C@H]21. The summed E-state index contributed by atoms with van der Waals surface area (Å²) < 4.78 is 29.9. The maximum atomic E-state index is 12.3. The minimum absolute atomic E-state index is 0.0143. The third-order valence-electron chi connectivity index (χ3n) is 11.7. The third-order valence-corrected chi connectivity index (χ3v) is 11.7. The van der Waals surface area contributed by atoms with Crippen LogP contribution in [-0.4, -0.2) is 48.8 Å². The van der Waals surface area contributed by atoms with Gasteiger partial charge >= 0.3 is 17.9 Å². The molecule has 0 radical (unpaired) electrons. The Morgan fingerprint density at radius 3 is 2.49 bits per heavy atom. The molecule has 6 aliphatic rings. The fraction of sp³-hybridized carbons (Fsp3) is 0.897. The Kier molecular flexibility index (Phi) is 5.82. The summed E-state index contributed by atoms with van der Waals surface area (Å²) in [5.41, 5.74) is -0.897. The lowest BCUT2D eigenvalue weighted by molar-refractivity contribution is -0.226. The molecule has 3 aliphatic heterocycles. The number of hydrogen-bond acceptors (Lipinski definition) is 8. The number of carbonyl (C=O) groups is 3. The van der Waals surface area contributed by atoms with Gasteiger partial charge in [-0.2, -0.15) is 0 Å². The lowest BCUT2D eigenvalue weighted by atomic mass is 9.38. The van der Waals surface area contributed by atoms with Crippen molar-refractivity contribution in [2.75, 3.05) is 6.61 Å². The molecule has 11 atom stereocenters. The number of carbonyl (C=O) groups excluding carboxylic acids is 3. The van der Waals surface area contributed by atoms with Gasteiger partial charge in [-0.1, -0.05) is 27.2 Å². The summed E-state index contributed by atoms with van der Waals surface area (Å²) >= 11 is 0. The predicted octanol–water partition coefficient (Wildman–Crippen LogP) is 4.52. The molecule has 0 N–H and O–H groups in total. The molecule has 6 rings (SSSR count). The second-order valence-corrected chi connectivity index (χ2v) is 13.7. The fourth-order valence-electron chi connectivity index (χ4n) is 10.3. The molecular weight excluding hydrogens is 476 g/mol. The van der Waals surface area contributed by atoms with Gasteiger partial charge in [0, 0.05) is 25.2 Å². The van der Waals surface area contributed by atoms with Crippen LogP contribution in [0.15, 0.2) is 0 Å². The molecule has 6 fully saturated rings. The smallest absolute Gasteiger partial charge is 0.311 e. The van der Waals surface area contributed by atoms with Gasteiger partial charge in [-0.05, 0) is 73.5 Å². The van der Waals surface area contributed by atoms with Crippen molar-refractivity contribution in [2.45, 2.75) is 117 Å². The molecule has 0 aromatic heterocycles. The van der Waals surface area contributed by atoms with Crippen LogP contribution in [0.5, 0.6) is 0 Å². The minimum atomic E-state index is -1.05. The highest BCUT2D eigenvalue weighted by molar-refractivity contribution is 5.74. The van der Waals surface area contributed by atoms with Gasteiger partial charge in [0.25, 0.3) is 0 Å². The van der Waals surface area contributed by atoms with E-state index >= 15 is 0 Å². The maximum absolute atomic E-state index is 12.3. The summed E-state index contributed by atoms with van der Waals surface area (Å²) in [6.45, 7) is 10.7. The number of rotatable bonds is 3. The first-order valence-corrected chi connectivity index (χ1v) is 14.2. The highest BCUT2D eigenvalue weighted by atomic mass is 16.8. The van der Waals surface area contributed by atoms with Crippen LogP contribution in [0.2, 0.25) is 0 Å². The predicted molar refractivity (Wildman–Crippen MR) is 131 cm³/mol. The van der Waals surface area contributed by atoms with Crippen LogP contribution in [0.1, 0.15) is 92.4 Å². The summed E-state index contributed by atoms with van der Waals surface area (Å²) in [7, 11) is 0. The molecule has 0 aromatic carbocycles. The zero-order valence-corrected chi connectivity index (χ0v) is 22.9. The largest absolute Gasteiger partial charge is 0.465 e. The van der Waals surface area contributed by atoms with Gasteiger partial charge in [0.15, 0.2) is 11.9 Å². The highest BCUT2D eigenvalue weighted by Gasteiger charge is 2.71. The van der Waals surface area contributed by atoms with E-state index < -0.39 is 24.3 Å². The number of fused-ring (bicyclic) bond motifs is 7. The van der Waals surface area contributed by atoms with E-state index in [1.165, 1.54) is 20.3 Å². The molecule has 37 heavy (non-hydrogen) atoms. The summed E-state index contributed by atoms with van der Waals surface area (Å²) in [5, 5.41) is 0. The van der Waals surface area contributed by atoms with Gasteiger partial charge in [-0.15, -0.1) is 0 Å². The van der Waals surface area contributed by atoms with Crippen molar-refractivity contribution in [1.82, 2.24) is 0 Å². The monoisotopic (exact) mass is 518 g/mol. The summed E-state index contributed by atoms with van der Waals surface area (Å²) in [4.78, 5) is 36.2. The molecule has 1 spiro atoms. The normalized spacial score (nSPS) is 52.0. The van der Waals surface area contributed by atoms with Crippen molar-refractivity contribution in [3.63, 3.8) is 0 Å². The van der Waals surface area contributed by atoms with Crippen molar-refractivity contribution < 1.29 is 38.1 Å². The lowest BCUT2D eigenvalue weighted by Crippen LogP contribution is -2.61. The molecule has 206 valence electrons. The Balaban J connectivity index is 1.34. The Hall–Kier alpha value is -1.67. The van der Waals surface area contributed by atoms with Gasteiger partial charge in [0.05, 0.1) is 13.0 Å². The molecule has 0 aromatic rings. The average Bonchev–Trinajstić information content (AvgIpc) is 3.26. The van der Waals surface area contributed by atoms with E-state index in [0.29, 0.717) is 24.9 Å². The zero-order chi connectivity index (χ0) is 26.4. The van der Waals surface area contributed by atoms with Crippen molar-refractivity contribution in [3.8, 4) is 0 Å². The van der Waals surface area contributed by atoms with Crippen LogP contribution < -0.4 is 0 Å². The Morgan fingerprint density at radius 1 is 0.973 bits per heavy atom. The molecule has 8 heteroatoms. The van der Waals surface area contributed by atoms with Crippen molar-refractivity contribution in [2.24, 2.45) is 39.9 Å². The van der Waals surface area contributed by atoms with Crippen LogP contribution in [0.25, 0.3) is 0 Å². The van der Waals surface area contributed by atoms with Crippen LogP contribution in [-0.2, 0) is 38.1 Å². The molecule has 3 aliphatic carbocycles. The van der Waals surface area contributed by atoms with Crippen LogP contribution in [0.3, 0.4) is 0 Å². The minimum Gasteiger partial charge on any atom is -0.465 e. The topological polar surface area (TPSA) is 97.4 Å². The van der Waals surface area contributed by atoms with Gasteiger partial charge in [-0.3, -0.25) is 14.4 Å². The molecule has 3 saturated heterocycles. The van der Waals surface area contributed by atoms with Crippen molar-refractivity contribution in [1.29, 1.82) is 0 Å².